The van der Waals surface area contributed by atoms with Crippen LogP contribution in [-0.2, 0) is 0 Å². The fourth-order valence-electron chi connectivity index (χ4n) is 0.952. The van der Waals surface area contributed by atoms with E-state index in [1.807, 2.05) is 0 Å². The summed E-state index contributed by atoms with van der Waals surface area (Å²) in [6.45, 7) is 4.76. The van der Waals surface area contributed by atoms with Gasteiger partial charge in [0.1, 0.15) is 0 Å². The molecule has 1 rings (SSSR count). The van der Waals surface area contributed by atoms with Gasteiger partial charge in [0, 0.05) is 10.5 Å². The first-order valence-corrected chi connectivity index (χ1v) is 4.40. The second-order valence-corrected chi connectivity index (χ2v) is 4.09. The van der Waals surface area contributed by atoms with Crippen LogP contribution in [0, 0.1) is 5.92 Å². The van der Waals surface area contributed by atoms with Crippen LogP contribution < -0.4 is 5.32 Å². The van der Waals surface area contributed by atoms with Crippen LogP contribution in [0.4, 0.5) is 0 Å². The van der Waals surface area contributed by atoms with Gasteiger partial charge < -0.3 is 5.32 Å². The second kappa shape index (κ2) is 3.01. The van der Waals surface area contributed by atoms with Crippen LogP contribution in [0.3, 0.4) is 0 Å². The van der Waals surface area contributed by atoms with Crippen LogP contribution in [0.5, 0.6) is 0 Å². The van der Waals surface area contributed by atoms with Crippen molar-refractivity contribution in [1.82, 2.24) is 5.32 Å². The molecule has 0 amide bonds. The molecule has 1 N–H and O–H groups in total. The number of halogens is 1. The fraction of sp³-hybridized carbons (Fsp3) is 1.00. The molecule has 0 aromatic rings. The molecule has 0 aromatic carbocycles. The summed E-state index contributed by atoms with van der Waals surface area (Å²) < 4.78 is 0.862. The van der Waals surface area contributed by atoms with Crippen molar-refractivity contribution in [3.05, 3.63) is 0 Å². The summed E-state index contributed by atoms with van der Waals surface area (Å²) in [6.07, 6.45) is 1.35. The molecular formula is C6H12IN. The van der Waals surface area contributed by atoms with Crippen molar-refractivity contribution in [2.45, 2.75) is 17.3 Å². The maximum absolute atomic E-state index is 3.36. The molecule has 48 valence electrons. The van der Waals surface area contributed by atoms with Gasteiger partial charge in [-0.25, -0.2) is 0 Å². The van der Waals surface area contributed by atoms with E-state index in [0.717, 1.165) is 9.84 Å². The maximum atomic E-state index is 3.36. The molecule has 0 radical (unpaired) electrons. The first-order valence-electron chi connectivity index (χ1n) is 3.15. The average Bonchev–Trinajstić information content (AvgIpc) is 1.77. The van der Waals surface area contributed by atoms with Gasteiger partial charge in [-0.2, -0.15) is 0 Å². The molecule has 2 heteroatoms. The summed E-state index contributed by atoms with van der Waals surface area (Å²) in [5.74, 6) is 0.928. The third-order valence-corrected chi connectivity index (χ3v) is 3.40. The minimum atomic E-state index is 0.862. The zero-order valence-electron chi connectivity index (χ0n) is 5.15. The van der Waals surface area contributed by atoms with E-state index in [1.165, 1.54) is 19.5 Å². The standard InChI is InChI=1S/C6H12IN/c1-5-2-3-8-4-6(5)7/h5-6,8H,2-4H2,1H3/t5-,6+/m1/s1. The van der Waals surface area contributed by atoms with E-state index in [2.05, 4.69) is 34.8 Å². The van der Waals surface area contributed by atoms with E-state index < -0.39 is 0 Å². The summed E-state index contributed by atoms with van der Waals surface area (Å²) in [5, 5.41) is 3.36. The Hall–Kier alpha value is 0.690. The normalized spacial score (nSPS) is 39.8. The lowest BCUT2D eigenvalue weighted by molar-refractivity contribution is 0.425. The quantitative estimate of drug-likeness (QED) is 0.485. The summed E-state index contributed by atoms with van der Waals surface area (Å²) in [6, 6.07) is 0. The van der Waals surface area contributed by atoms with Crippen LogP contribution in [0.15, 0.2) is 0 Å². The van der Waals surface area contributed by atoms with Gasteiger partial charge in [0.15, 0.2) is 0 Å². The summed E-state index contributed by atoms with van der Waals surface area (Å²) in [7, 11) is 0. The van der Waals surface area contributed by atoms with Gasteiger partial charge in [-0.15, -0.1) is 0 Å². The Labute approximate surface area is 64.4 Å². The predicted molar refractivity (Wildman–Crippen MR) is 44.5 cm³/mol. The number of rotatable bonds is 0. The smallest absolute Gasteiger partial charge is 0.0260 e. The molecule has 0 spiro atoms. The van der Waals surface area contributed by atoms with E-state index in [0.29, 0.717) is 0 Å². The van der Waals surface area contributed by atoms with Crippen molar-refractivity contribution in [3.63, 3.8) is 0 Å². The first-order chi connectivity index (χ1) is 3.80. The fourth-order valence-corrected chi connectivity index (χ4v) is 1.62. The molecular weight excluding hydrogens is 213 g/mol. The SMILES string of the molecule is C[C@@H]1CCNC[C@@H]1I. The Balaban J connectivity index is 2.28. The van der Waals surface area contributed by atoms with Gasteiger partial charge in [-0.1, -0.05) is 29.5 Å². The van der Waals surface area contributed by atoms with Crippen molar-refractivity contribution < 1.29 is 0 Å². The predicted octanol–water partition coefficient (Wildman–Crippen LogP) is 1.42. The van der Waals surface area contributed by atoms with Crippen LogP contribution in [0.1, 0.15) is 13.3 Å². The molecule has 1 aliphatic heterocycles. The van der Waals surface area contributed by atoms with Crippen molar-refractivity contribution >= 4 is 22.6 Å². The molecule has 2 atom stereocenters. The van der Waals surface area contributed by atoms with Gasteiger partial charge in [0.05, 0.1) is 0 Å². The molecule has 0 aromatic heterocycles. The van der Waals surface area contributed by atoms with Crippen molar-refractivity contribution in [2.24, 2.45) is 5.92 Å². The summed E-state index contributed by atoms with van der Waals surface area (Å²) in [5.41, 5.74) is 0. The average molecular weight is 225 g/mol. The van der Waals surface area contributed by atoms with E-state index in [1.54, 1.807) is 0 Å². The van der Waals surface area contributed by atoms with Crippen LogP contribution in [0.2, 0.25) is 0 Å². The molecule has 0 aliphatic carbocycles. The molecule has 0 unspecified atom stereocenters. The Morgan fingerprint density at radius 1 is 1.62 bits per heavy atom. The highest BCUT2D eigenvalue weighted by Gasteiger charge is 2.16. The Morgan fingerprint density at radius 3 is 2.75 bits per heavy atom. The molecule has 8 heavy (non-hydrogen) atoms. The van der Waals surface area contributed by atoms with Gasteiger partial charge in [-0.05, 0) is 18.9 Å². The number of alkyl halides is 1. The molecule has 1 saturated heterocycles. The number of piperidine rings is 1. The Kier molecular flexibility index (Phi) is 2.56. The Bertz CT molecular complexity index is 64.9. The van der Waals surface area contributed by atoms with E-state index >= 15 is 0 Å². The molecule has 1 fully saturated rings. The van der Waals surface area contributed by atoms with Crippen molar-refractivity contribution in [3.8, 4) is 0 Å². The van der Waals surface area contributed by atoms with E-state index in [-0.39, 0.29) is 0 Å². The minimum absolute atomic E-state index is 0.862. The van der Waals surface area contributed by atoms with Gasteiger partial charge in [0.25, 0.3) is 0 Å². The molecule has 1 aliphatic rings. The highest BCUT2D eigenvalue weighted by atomic mass is 127. The lowest BCUT2D eigenvalue weighted by Gasteiger charge is -2.24. The third kappa shape index (κ3) is 1.58. The van der Waals surface area contributed by atoms with Crippen LogP contribution >= 0.6 is 22.6 Å². The molecule has 1 heterocycles. The monoisotopic (exact) mass is 225 g/mol. The summed E-state index contributed by atoms with van der Waals surface area (Å²) >= 11 is 2.52. The molecule has 0 saturated carbocycles. The van der Waals surface area contributed by atoms with Gasteiger partial charge in [0.2, 0.25) is 0 Å². The van der Waals surface area contributed by atoms with Gasteiger partial charge >= 0.3 is 0 Å². The lowest BCUT2D eigenvalue weighted by Crippen LogP contribution is -2.35. The molecule has 1 nitrogen and oxygen atoms in total. The topological polar surface area (TPSA) is 12.0 Å². The Morgan fingerprint density at radius 2 is 2.38 bits per heavy atom. The highest BCUT2D eigenvalue weighted by molar-refractivity contribution is 14.1. The number of hydrogen-bond donors (Lipinski definition) is 1. The first kappa shape index (κ1) is 6.81. The van der Waals surface area contributed by atoms with Gasteiger partial charge in [-0.3, -0.25) is 0 Å². The molecule has 0 bridgehead atoms. The van der Waals surface area contributed by atoms with Crippen molar-refractivity contribution in [2.75, 3.05) is 13.1 Å². The zero-order chi connectivity index (χ0) is 5.98. The van der Waals surface area contributed by atoms with Crippen LogP contribution in [-0.4, -0.2) is 17.0 Å². The maximum Gasteiger partial charge on any atom is 0.0260 e. The van der Waals surface area contributed by atoms with E-state index in [9.17, 15) is 0 Å². The van der Waals surface area contributed by atoms with E-state index in [4.69, 9.17) is 0 Å². The van der Waals surface area contributed by atoms with Crippen LogP contribution in [0.25, 0.3) is 0 Å². The largest absolute Gasteiger partial charge is 0.316 e. The minimum Gasteiger partial charge on any atom is -0.316 e. The third-order valence-electron chi connectivity index (χ3n) is 1.73. The lowest BCUT2D eigenvalue weighted by atomic mass is 10.0. The number of nitrogens with one attached hydrogen (secondary N) is 1. The number of hydrogen-bond acceptors (Lipinski definition) is 1. The summed E-state index contributed by atoms with van der Waals surface area (Å²) in [4.78, 5) is 0. The highest BCUT2D eigenvalue weighted by Crippen LogP contribution is 2.18. The van der Waals surface area contributed by atoms with Crippen molar-refractivity contribution in [1.29, 1.82) is 0 Å². The second-order valence-electron chi connectivity index (χ2n) is 2.49. The zero-order valence-corrected chi connectivity index (χ0v) is 7.31.